The fourth-order valence-electron chi connectivity index (χ4n) is 4.88. The zero-order valence-corrected chi connectivity index (χ0v) is 20.3. The van der Waals surface area contributed by atoms with E-state index in [4.69, 9.17) is 30.6 Å². The summed E-state index contributed by atoms with van der Waals surface area (Å²) in [4.78, 5) is 34.9. The van der Waals surface area contributed by atoms with Gasteiger partial charge in [-0.15, -0.1) is 6.58 Å². The molecule has 4 heterocycles. The molecule has 3 aliphatic heterocycles. The third-order valence-corrected chi connectivity index (χ3v) is 9.15. The van der Waals surface area contributed by atoms with Gasteiger partial charge < -0.3 is 19.4 Å². The van der Waals surface area contributed by atoms with Crippen molar-refractivity contribution < 1.29 is 37.4 Å². The van der Waals surface area contributed by atoms with Crippen LogP contribution in [0.3, 0.4) is 0 Å². The highest BCUT2D eigenvalue weighted by atomic mass is 35.5. The number of nitrogens with zero attached hydrogens (tertiary/aromatic N) is 2. The first kappa shape index (κ1) is 24.8. The number of aromatic nitrogens is 1. The van der Waals surface area contributed by atoms with E-state index < -0.39 is 26.7 Å². The third kappa shape index (κ3) is 5.05. The molecule has 33 heavy (non-hydrogen) atoms. The van der Waals surface area contributed by atoms with Crippen LogP contribution in [0.15, 0.2) is 43.1 Å². The first-order valence-electron chi connectivity index (χ1n) is 10.2. The number of piperidine rings is 3. The molecule has 1 aromatic heterocycles. The molecule has 10 nitrogen and oxygen atoms in total. The molecule has 2 bridgehead atoms. The Kier molecular flexibility index (Phi) is 6.79. The van der Waals surface area contributed by atoms with Crippen LogP contribution < -0.4 is 4.74 Å². The monoisotopic (exact) mass is 518 g/mol. The van der Waals surface area contributed by atoms with E-state index in [1.165, 1.54) is 13.3 Å². The van der Waals surface area contributed by atoms with E-state index in [0.29, 0.717) is 41.7 Å². The lowest BCUT2D eigenvalue weighted by Gasteiger charge is -2.53. The summed E-state index contributed by atoms with van der Waals surface area (Å²) in [6, 6.07) is 6.06. The molecule has 3 N–H and O–H groups in total. The van der Waals surface area contributed by atoms with Crippen molar-refractivity contribution in [1.29, 1.82) is 0 Å². The van der Waals surface area contributed by atoms with Gasteiger partial charge in [-0.05, 0) is 55.5 Å². The van der Waals surface area contributed by atoms with Crippen molar-refractivity contribution in [2.75, 3.05) is 20.2 Å². The second-order valence-corrected chi connectivity index (χ2v) is 11.5. The summed E-state index contributed by atoms with van der Waals surface area (Å²) >= 11 is 7.09. The fraction of sp³-hybridized carbons (Fsp3) is 0.450. The van der Waals surface area contributed by atoms with Gasteiger partial charge in [0.1, 0.15) is 5.75 Å². The van der Waals surface area contributed by atoms with E-state index in [1.54, 1.807) is 24.3 Å². The first-order valence-corrected chi connectivity index (χ1v) is 13.7. The Morgan fingerprint density at radius 2 is 2.06 bits per heavy atom. The Hall–Kier alpha value is -1.32. The number of hydrogen-bond acceptors (Lipinski definition) is 7. The number of ether oxygens (including phenoxy) is 1. The molecule has 3 saturated heterocycles. The average molecular weight is 519 g/mol. The number of benzene rings is 1. The summed E-state index contributed by atoms with van der Waals surface area (Å²) in [7, 11) is -9.15. The minimum absolute atomic E-state index is 0.225. The Labute approximate surface area is 196 Å². The van der Waals surface area contributed by atoms with Gasteiger partial charge in [0, 0.05) is 23.7 Å². The van der Waals surface area contributed by atoms with E-state index >= 15 is 0 Å². The zero-order chi connectivity index (χ0) is 24.0. The van der Waals surface area contributed by atoms with Crippen LogP contribution in [0.4, 0.5) is 0 Å². The third-order valence-electron chi connectivity index (χ3n) is 6.31. The standard InChI is InChI=1S/C20H25ClN2O8P2/c1-3-13-12-23-9-7-14(13)10-19(23)20(21,30-33(27,28)31-32(24,25)26)17-6-8-22-18-5-4-15(29-2)11-16(17)18/h3-6,8,11,13-14,19H,1,7,9-10,12H2,2H3,(H,27,28)(H2,24,25,26)/t13-,14-,19-,20+/m0/s1. The maximum atomic E-state index is 12.7. The van der Waals surface area contributed by atoms with E-state index in [2.05, 4.69) is 15.9 Å². The molecule has 3 aliphatic rings. The molecule has 3 fully saturated rings. The number of pyridine rings is 1. The second-order valence-electron chi connectivity index (χ2n) is 8.21. The van der Waals surface area contributed by atoms with Gasteiger partial charge in [-0.2, -0.15) is 4.31 Å². The summed E-state index contributed by atoms with van der Waals surface area (Å²) in [6.07, 6.45) is 4.80. The molecular formula is C20H25ClN2O8P2. The molecule has 1 aromatic carbocycles. The van der Waals surface area contributed by atoms with E-state index in [-0.39, 0.29) is 11.8 Å². The highest BCUT2D eigenvalue weighted by Crippen LogP contribution is 2.63. The van der Waals surface area contributed by atoms with Gasteiger partial charge in [0.25, 0.3) is 0 Å². The smallest absolute Gasteiger partial charge is 0.483 e. The summed E-state index contributed by atoms with van der Waals surface area (Å²) in [6.45, 7) is 5.21. The highest BCUT2D eigenvalue weighted by molar-refractivity contribution is 7.60. The second kappa shape index (κ2) is 9.04. The number of phosphoric ester groups is 1. The number of hydrogen-bond donors (Lipinski definition) is 3. The molecule has 6 atom stereocenters. The largest absolute Gasteiger partial charge is 0.497 e. The molecule has 0 radical (unpaired) electrons. The molecule has 13 heteroatoms. The van der Waals surface area contributed by atoms with E-state index in [0.717, 1.165) is 6.42 Å². The molecular weight excluding hydrogens is 494 g/mol. The maximum absolute atomic E-state index is 12.7. The number of phosphoric acid groups is 2. The van der Waals surface area contributed by atoms with Gasteiger partial charge >= 0.3 is 15.6 Å². The number of alkyl halides is 1. The number of rotatable bonds is 8. The molecule has 2 aromatic rings. The topological polar surface area (TPSA) is 139 Å². The van der Waals surface area contributed by atoms with Crippen LogP contribution in [-0.4, -0.2) is 50.8 Å². The molecule has 0 amide bonds. The van der Waals surface area contributed by atoms with Crippen LogP contribution in [0.2, 0.25) is 0 Å². The Bertz CT molecular complexity index is 1160. The van der Waals surface area contributed by atoms with E-state index in [9.17, 15) is 14.0 Å². The minimum atomic E-state index is -5.35. The fourth-order valence-corrected chi connectivity index (χ4v) is 7.30. The zero-order valence-electron chi connectivity index (χ0n) is 17.8. The van der Waals surface area contributed by atoms with Gasteiger partial charge in [0.15, 0.2) is 5.06 Å². The van der Waals surface area contributed by atoms with Gasteiger partial charge in [0.05, 0.1) is 18.7 Å². The number of methoxy groups -OCH3 is 1. The van der Waals surface area contributed by atoms with Crippen molar-refractivity contribution in [3.8, 4) is 5.75 Å². The van der Waals surface area contributed by atoms with Gasteiger partial charge in [-0.3, -0.25) is 14.4 Å². The lowest BCUT2D eigenvalue weighted by Crippen LogP contribution is -2.59. The predicted molar refractivity (Wildman–Crippen MR) is 122 cm³/mol. The quantitative estimate of drug-likeness (QED) is 0.269. The Balaban J connectivity index is 1.86. The molecule has 0 saturated carbocycles. The normalized spacial score (nSPS) is 28.8. The van der Waals surface area contributed by atoms with Crippen molar-refractivity contribution in [3.63, 3.8) is 0 Å². The van der Waals surface area contributed by atoms with Crippen LogP contribution in [0.25, 0.3) is 10.9 Å². The minimum Gasteiger partial charge on any atom is -0.497 e. The van der Waals surface area contributed by atoms with Crippen molar-refractivity contribution in [3.05, 3.63) is 48.7 Å². The van der Waals surface area contributed by atoms with Crippen molar-refractivity contribution >= 4 is 38.1 Å². The van der Waals surface area contributed by atoms with Gasteiger partial charge in [0.2, 0.25) is 0 Å². The summed E-state index contributed by atoms with van der Waals surface area (Å²) in [5.41, 5.74) is 0.842. The molecule has 0 spiro atoms. The summed E-state index contributed by atoms with van der Waals surface area (Å²) in [5.74, 6) is 0.965. The van der Waals surface area contributed by atoms with Crippen LogP contribution in [0, 0.1) is 11.8 Å². The predicted octanol–water partition coefficient (Wildman–Crippen LogP) is 3.76. The average Bonchev–Trinajstić information content (AvgIpc) is 2.76. The van der Waals surface area contributed by atoms with Crippen LogP contribution >= 0.6 is 27.2 Å². The van der Waals surface area contributed by atoms with Crippen LogP contribution in [-0.2, 0) is 23.0 Å². The lowest BCUT2D eigenvalue weighted by molar-refractivity contribution is -0.0624. The molecule has 2 unspecified atom stereocenters. The highest BCUT2D eigenvalue weighted by Gasteiger charge is 2.54. The van der Waals surface area contributed by atoms with Crippen molar-refractivity contribution in [2.45, 2.75) is 23.9 Å². The molecule has 180 valence electrons. The molecule has 5 rings (SSSR count). The van der Waals surface area contributed by atoms with Gasteiger partial charge in [-0.25, -0.2) is 9.13 Å². The summed E-state index contributed by atoms with van der Waals surface area (Å²) < 4.78 is 38.9. The number of fused-ring (bicyclic) bond motifs is 4. The SMILES string of the molecule is C=C[C@H]1CN2CC[C@H]1C[C@H]2[C@](Cl)(OP(=O)(O)OP(=O)(O)O)c1ccnc2ccc(OC)cc12. The maximum Gasteiger partial charge on any atom is 0.483 e. The number of halogens is 1. The van der Waals surface area contributed by atoms with Crippen LogP contribution in [0.5, 0.6) is 5.75 Å². The lowest BCUT2D eigenvalue weighted by atomic mass is 9.73. The molecule has 0 aliphatic carbocycles. The first-order chi connectivity index (χ1) is 15.5. The van der Waals surface area contributed by atoms with E-state index in [1.807, 2.05) is 11.0 Å². The Morgan fingerprint density at radius 3 is 2.67 bits per heavy atom. The van der Waals surface area contributed by atoms with Crippen molar-refractivity contribution in [1.82, 2.24) is 9.88 Å². The Morgan fingerprint density at radius 1 is 1.30 bits per heavy atom. The van der Waals surface area contributed by atoms with Crippen LogP contribution in [0.1, 0.15) is 18.4 Å². The summed E-state index contributed by atoms with van der Waals surface area (Å²) in [5, 5.41) is -1.48. The van der Waals surface area contributed by atoms with Gasteiger partial charge in [-0.1, -0.05) is 17.7 Å². The van der Waals surface area contributed by atoms with Crippen molar-refractivity contribution in [2.24, 2.45) is 11.8 Å².